The second-order valence-electron chi connectivity index (χ2n) is 6.26. The summed E-state index contributed by atoms with van der Waals surface area (Å²) < 4.78 is 5.68. The number of anilines is 1. The van der Waals surface area contributed by atoms with Gasteiger partial charge in [0.05, 0.1) is 6.61 Å². The van der Waals surface area contributed by atoms with Gasteiger partial charge in [-0.1, -0.05) is 50.2 Å². The smallest absolute Gasteiger partial charge is 0.248 e. The molecule has 0 aliphatic heterocycles. The molecule has 3 N–H and O–H groups in total. The van der Waals surface area contributed by atoms with E-state index >= 15 is 0 Å². The topological polar surface area (TPSA) is 64.3 Å². The van der Waals surface area contributed by atoms with E-state index in [1.54, 1.807) is 13.0 Å². The molecular weight excluding hydrogens is 288 g/mol. The van der Waals surface area contributed by atoms with Gasteiger partial charge in [0.15, 0.2) is 0 Å². The van der Waals surface area contributed by atoms with Gasteiger partial charge in [0.1, 0.15) is 11.3 Å². The maximum Gasteiger partial charge on any atom is 0.248 e. The Morgan fingerprint density at radius 1 is 1.17 bits per heavy atom. The fourth-order valence-corrected chi connectivity index (χ4v) is 2.10. The Labute approximate surface area is 137 Å². The molecule has 0 spiro atoms. The van der Waals surface area contributed by atoms with Gasteiger partial charge in [-0.05, 0) is 30.5 Å². The van der Waals surface area contributed by atoms with Crippen LogP contribution >= 0.6 is 0 Å². The molecule has 2 rings (SSSR count). The van der Waals surface area contributed by atoms with Crippen molar-refractivity contribution in [3.05, 3.63) is 60.2 Å². The van der Waals surface area contributed by atoms with Crippen LogP contribution < -0.4 is 15.8 Å². The number of rotatable bonds is 6. The number of nitrogens with one attached hydrogen (secondary N) is 1. The van der Waals surface area contributed by atoms with E-state index in [0.29, 0.717) is 18.2 Å². The number of carbonyl (C=O) groups excluding carboxylic acids is 1. The fourth-order valence-electron chi connectivity index (χ4n) is 2.10. The molecular formula is C19H24N2O2. The van der Waals surface area contributed by atoms with Crippen molar-refractivity contribution < 1.29 is 9.53 Å². The molecule has 122 valence electrons. The van der Waals surface area contributed by atoms with E-state index in [4.69, 9.17) is 10.5 Å². The summed E-state index contributed by atoms with van der Waals surface area (Å²) in [6.45, 7) is 6.52. The third kappa shape index (κ3) is 4.57. The highest BCUT2D eigenvalue weighted by Gasteiger charge is 2.30. The lowest BCUT2D eigenvalue weighted by Gasteiger charge is -2.24. The number of hydrogen-bond donors (Lipinski definition) is 2. The highest BCUT2D eigenvalue weighted by Crippen LogP contribution is 2.22. The van der Waals surface area contributed by atoms with Gasteiger partial charge < -0.3 is 15.8 Å². The lowest BCUT2D eigenvalue weighted by Crippen LogP contribution is -2.45. The Morgan fingerprint density at radius 3 is 2.52 bits per heavy atom. The fraction of sp³-hybridized carbons (Fsp3) is 0.316. The second-order valence-corrected chi connectivity index (χ2v) is 6.26. The van der Waals surface area contributed by atoms with Crippen molar-refractivity contribution in [2.75, 3.05) is 11.9 Å². The first-order valence-corrected chi connectivity index (χ1v) is 7.78. The molecule has 0 fully saturated rings. The molecule has 0 aliphatic rings. The number of hydrogen-bond acceptors (Lipinski definition) is 3. The monoisotopic (exact) mass is 312 g/mol. The summed E-state index contributed by atoms with van der Waals surface area (Å²) in [6.07, 6.45) is 0. The van der Waals surface area contributed by atoms with Gasteiger partial charge in [0, 0.05) is 11.8 Å². The normalized spacial score (nSPS) is 13.4. The third-order valence-electron chi connectivity index (χ3n) is 3.52. The van der Waals surface area contributed by atoms with E-state index in [1.807, 2.05) is 48.5 Å². The SMILES string of the molecule is CC(C)COc1cccc(NC(=O)C(C)(N)c2ccccc2)c1. The molecule has 0 heterocycles. The molecule has 1 unspecified atom stereocenters. The number of amides is 1. The van der Waals surface area contributed by atoms with E-state index in [-0.39, 0.29) is 5.91 Å². The molecule has 0 aliphatic carbocycles. The maximum absolute atomic E-state index is 12.5. The minimum Gasteiger partial charge on any atom is -0.493 e. The molecule has 0 radical (unpaired) electrons. The molecule has 0 saturated carbocycles. The van der Waals surface area contributed by atoms with Crippen LogP contribution in [0.3, 0.4) is 0 Å². The zero-order valence-electron chi connectivity index (χ0n) is 13.9. The third-order valence-corrected chi connectivity index (χ3v) is 3.52. The number of benzene rings is 2. The zero-order valence-corrected chi connectivity index (χ0v) is 13.9. The van der Waals surface area contributed by atoms with Crippen molar-refractivity contribution in [3.63, 3.8) is 0 Å². The zero-order chi connectivity index (χ0) is 16.9. The first-order chi connectivity index (χ1) is 10.9. The van der Waals surface area contributed by atoms with Crippen molar-refractivity contribution in [2.24, 2.45) is 11.7 Å². The van der Waals surface area contributed by atoms with Crippen LogP contribution in [0.5, 0.6) is 5.75 Å². The molecule has 1 amide bonds. The molecule has 2 aromatic rings. The first-order valence-electron chi connectivity index (χ1n) is 7.78. The molecule has 0 aromatic heterocycles. The van der Waals surface area contributed by atoms with E-state index < -0.39 is 5.54 Å². The number of carbonyl (C=O) groups is 1. The molecule has 0 bridgehead atoms. The molecule has 1 atom stereocenters. The van der Waals surface area contributed by atoms with Crippen molar-refractivity contribution in [1.29, 1.82) is 0 Å². The van der Waals surface area contributed by atoms with Crippen LogP contribution in [0.4, 0.5) is 5.69 Å². The van der Waals surface area contributed by atoms with Crippen LogP contribution in [-0.2, 0) is 10.3 Å². The van der Waals surface area contributed by atoms with Gasteiger partial charge >= 0.3 is 0 Å². The highest BCUT2D eigenvalue weighted by molar-refractivity contribution is 5.98. The van der Waals surface area contributed by atoms with Crippen molar-refractivity contribution in [2.45, 2.75) is 26.3 Å². The van der Waals surface area contributed by atoms with E-state index in [0.717, 1.165) is 11.3 Å². The Balaban J connectivity index is 2.09. The Bertz CT molecular complexity index is 651. The molecule has 2 aromatic carbocycles. The Hall–Kier alpha value is -2.33. The van der Waals surface area contributed by atoms with Crippen LogP contribution in [-0.4, -0.2) is 12.5 Å². The van der Waals surface area contributed by atoms with Crippen LogP contribution in [0.25, 0.3) is 0 Å². The van der Waals surface area contributed by atoms with Crippen molar-refractivity contribution >= 4 is 11.6 Å². The maximum atomic E-state index is 12.5. The second kappa shape index (κ2) is 7.29. The number of ether oxygens (including phenoxy) is 1. The predicted molar refractivity (Wildman–Crippen MR) is 93.4 cm³/mol. The highest BCUT2D eigenvalue weighted by atomic mass is 16.5. The van der Waals surface area contributed by atoms with Gasteiger partial charge in [0.2, 0.25) is 5.91 Å². The van der Waals surface area contributed by atoms with Crippen molar-refractivity contribution in [3.8, 4) is 5.75 Å². The summed E-state index contributed by atoms with van der Waals surface area (Å²) in [4.78, 5) is 12.5. The van der Waals surface area contributed by atoms with Crippen LogP contribution in [0.1, 0.15) is 26.3 Å². The largest absolute Gasteiger partial charge is 0.493 e. The molecule has 4 heteroatoms. The minimum atomic E-state index is -1.10. The summed E-state index contributed by atoms with van der Waals surface area (Å²) in [6, 6.07) is 16.7. The molecule has 0 saturated heterocycles. The van der Waals surface area contributed by atoms with Gasteiger partial charge in [-0.25, -0.2) is 0 Å². The number of nitrogens with two attached hydrogens (primary N) is 1. The molecule has 23 heavy (non-hydrogen) atoms. The van der Waals surface area contributed by atoms with Gasteiger partial charge in [-0.3, -0.25) is 4.79 Å². The van der Waals surface area contributed by atoms with Gasteiger partial charge in [0.25, 0.3) is 0 Å². The van der Waals surface area contributed by atoms with Crippen LogP contribution in [0.2, 0.25) is 0 Å². The summed E-state index contributed by atoms with van der Waals surface area (Å²) in [5.74, 6) is 0.915. The van der Waals surface area contributed by atoms with E-state index in [2.05, 4.69) is 19.2 Å². The Morgan fingerprint density at radius 2 is 1.87 bits per heavy atom. The standard InChI is InChI=1S/C19H24N2O2/c1-14(2)13-23-17-11-7-10-16(12-17)21-18(22)19(3,20)15-8-5-4-6-9-15/h4-12,14H,13,20H2,1-3H3,(H,21,22). The average molecular weight is 312 g/mol. The van der Waals surface area contributed by atoms with Crippen LogP contribution in [0.15, 0.2) is 54.6 Å². The van der Waals surface area contributed by atoms with Gasteiger partial charge in [-0.15, -0.1) is 0 Å². The predicted octanol–water partition coefficient (Wildman–Crippen LogP) is 3.53. The summed E-state index contributed by atoms with van der Waals surface area (Å²) in [7, 11) is 0. The lowest BCUT2D eigenvalue weighted by atomic mass is 9.92. The van der Waals surface area contributed by atoms with E-state index in [1.165, 1.54) is 0 Å². The quantitative estimate of drug-likeness (QED) is 0.857. The summed E-state index contributed by atoms with van der Waals surface area (Å²) in [5.41, 5.74) is 6.56. The average Bonchev–Trinajstić information content (AvgIpc) is 2.54. The van der Waals surface area contributed by atoms with Crippen molar-refractivity contribution in [1.82, 2.24) is 0 Å². The summed E-state index contributed by atoms with van der Waals surface area (Å²) >= 11 is 0. The molecule has 4 nitrogen and oxygen atoms in total. The van der Waals surface area contributed by atoms with E-state index in [9.17, 15) is 4.79 Å². The Kier molecular flexibility index (Phi) is 5.40. The van der Waals surface area contributed by atoms with Crippen LogP contribution in [0, 0.1) is 5.92 Å². The lowest BCUT2D eigenvalue weighted by molar-refractivity contribution is -0.120. The minimum absolute atomic E-state index is 0.260. The summed E-state index contributed by atoms with van der Waals surface area (Å²) in [5, 5.41) is 2.86. The first kappa shape index (κ1) is 17.0. The van der Waals surface area contributed by atoms with Gasteiger partial charge in [-0.2, -0.15) is 0 Å².